The van der Waals surface area contributed by atoms with Crippen LogP contribution in [0.4, 0.5) is 10.1 Å². The predicted octanol–water partition coefficient (Wildman–Crippen LogP) is 4.35. The molecule has 0 bridgehead atoms. The Morgan fingerprint density at radius 2 is 1.97 bits per heavy atom. The van der Waals surface area contributed by atoms with Crippen LogP contribution in [0.5, 0.6) is 0 Å². The monoisotopic (exact) mass is 549 g/mol. The van der Waals surface area contributed by atoms with Crippen LogP contribution in [0.2, 0.25) is 0 Å². The van der Waals surface area contributed by atoms with E-state index < -0.39 is 0 Å². The van der Waals surface area contributed by atoms with Gasteiger partial charge in [-0.1, -0.05) is 12.1 Å². The highest BCUT2D eigenvalue weighted by Crippen LogP contribution is 2.21. The molecule has 170 valence electrons. The van der Waals surface area contributed by atoms with Crippen molar-refractivity contribution in [2.45, 2.75) is 32.2 Å². The van der Waals surface area contributed by atoms with E-state index in [-0.39, 0.29) is 35.7 Å². The van der Waals surface area contributed by atoms with E-state index in [2.05, 4.69) is 20.6 Å². The summed E-state index contributed by atoms with van der Waals surface area (Å²) in [5.41, 5.74) is 4.09. The molecule has 0 spiro atoms. The van der Waals surface area contributed by atoms with Crippen LogP contribution in [-0.2, 0) is 17.8 Å². The SMILES string of the molecule is CN=C(NCCc1c[nH]c2ccc(F)cc12)NCc1ccc(N2CCCCC2=O)cc1.I. The minimum absolute atomic E-state index is 0. The lowest BCUT2D eigenvalue weighted by Crippen LogP contribution is -2.38. The van der Waals surface area contributed by atoms with Crippen molar-refractivity contribution in [1.29, 1.82) is 0 Å². The number of aromatic nitrogens is 1. The summed E-state index contributed by atoms with van der Waals surface area (Å²) >= 11 is 0. The van der Waals surface area contributed by atoms with Gasteiger partial charge in [-0.2, -0.15) is 0 Å². The lowest BCUT2D eigenvalue weighted by Gasteiger charge is -2.26. The zero-order valence-electron chi connectivity index (χ0n) is 18.2. The average molecular weight is 549 g/mol. The number of amides is 1. The van der Waals surface area contributed by atoms with Gasteiger partial charge in [0.15, 0.2) is 5.96 Å². The molecule has 1 saturated heterocycles. The summed E-state index contributed by atoms with van der Waals surface area (Å²) in [4.78, 5) is 21.4. The Bertz CT molecular complexity index is 1080. The van der Waals surface area contributed by atoms with E-state index in [1.54, 1.807) is 19.2 Å². The van der Waals surface area contributed by atoms with E-state index in [1.807, 2.05) is 35.4 Å². The summed E-state index contributed by atoms with van der Waals surface area (Å²) in [6, 6.07) is 12.9. The Kier molecular flexibility index (Phi) is 8.49. The zero-order valence-corrected chi connectivity index (χ0v) is 20.5. The number of aliphatic imine (C=N–C) groups is 1. The normalized spacial score (nSPS) is 14.4. The number of anilines is 1. The van der Waals surface area contributed by atoms with Crippen LogP contribution < -0.4 is 15.5 Å². The number of halogens is 2. The number of fused-ring (bicyclic) bond motifs is 1. The van der Waals surface area contributed by atoms with Crippen LogP contribution in [0.15, 0.2) is 53.7 Å². The molecular weight excluding hydrogens is 520 g/mol. The first-order valence-electron chi connectivity index (χ1n) is 10.7. The maximum absolute atomic E-state index is 13.5. The first-order valence-corrected chi connectivity index (χ1v) is 10.7. The highest BCUT2D eigenvalue weighted by atomic mass is 127. The Balaban J connectivity index is 0.00000289. The molecule has 0 saturated carbocycles. The molecule has 4 rings (SSSR count). The minimum Gasteiger partial charge on any atom is -0.361 e. The molecule has 0 radical (unpaired) electrons. The van der Waals surface area contributed by atoms with Crippen LogP contribution in [0, 0.1) is 5.82 Å². The maximum atomic E-state index is 13.5. The summed E-state index contributed by atoms with van der Waals surface area (Å²) in [5, 5.41) is 7.53. The molecule has 3 N–H and O–H groups in total. The highest BCUT2D eigenvalue weighted by Gasteiger charge is 2.19. The van der Waals surface area contributed by atoms with Crippen LogP contribution in [0.1, 0.15) is 30.4 Å². The van der Waals surface area contributed by atoms with Crippen molar-refractivity contribution in [2.75, 3.05) is 25.0 Å². The standard InChI is InChI=1S/C24H28FN5O.HI/c1-26-24(27-12-11-18-16-28-22-10-7-19(25)14-21(18)22)29-15-17-5-8-20(9-6-17)30-13-3-2-4-23(30)31;/h5-10,14,16,28H,2-4,11-13,15H2,1H3,(H2,26,27,29);1H. The molecule has 3 aromatic rings. The summed E-state index contributed by atoms with van der Waals surface area (Å²) in [6.07, 6.45) is 5.36. The molecule has 6 nitrogen and oxygen atoms in total. The van der Waals surface area contributed by atoms with E-state index in [1.165, 1.54) is 6.07 Å². The Morgan fingerprint density at radius 3 is 2.72 bits per heavy atom. The van der Waals surface area contributed by atoms with Crippen LogP contribution >= 0.6 is 24.0 Å². The number of hydrogen-bond donors (Lipinski definition) is 3. The summed E-state index contributed by atoms with van der Waals surface area (Å²) in [5.74, 6) is 0.690. The molecule has 1 fully saturated rings. The lowest BCUT2D eigenvalue weighted by atomic mass is 10.1. The number of rotatable bonds is 6. The summed E-state index contributed by atoms with van der Waals surface area (Å²) in [7, 11) is 1.74. The Hall–Kier alpha value is -2.62. The fraction of sp³-hybridized carbons (Fsp3) is 0.333. The molecule has 0 unspecified atom stereocenters. The van der Waals surface area contributed by atoms with Crippen molar-refractivity contribution in [2.24, 2.45) is 4.99 Å². The minimum atomic E-state index is -0.227. The van der Waals surface area contributed by atoms with Crippen molar-refractivity contribution in [3.8, 4) is 0 Å². The molecule has 2 aromatic carbocycles. The highest BCUT2D eigenvalue weighted by molar-refractivity contribution is 14.0. The van der Waals surface area contributed by atoms with E-state index in [4.69, 9.17) is 0 Å². The van der Waals surface area contributed by atoms with Gasteiger partial charge in [-0.15, -0.1) is 24.0 Å². The van der Waals surface area contributed by atoms with Crippen molar-refractivity contribution in [3.63, 3.8) is 0 Å². The van der Waals surface area contributed by atoms with Gasteiger partial charge in [0.05, 0.1) is 0 Å². The molecule has 1 aromatic heterocycles. The smallest absolute Gasteiger partial charge is 0.226 e. The molecule has 32 heavy (non-hydrogen) atoms. The Morgan fingerprint density at radius 1 is 1.16 bits per heavy atom. The first kappa shape index (κ1) is 24.0. The van der Waals surface area contributed by atoms with Crippen molar-refractivity contribution in [3.05, 3.63) is 65.6 Å². The molecular formula is C24H29FIN5O. The summed E-state index contributed by atoms with van der Waals surface area (Å²) < 4.78 is 13.5. The van der Waals surface area contributed by atoms with Crippen molar-refractivity contribution in [1.82, 2.24) is 15.6 Å². The number of carbonyl (C=O) groups is 1. The van der Waals surface area contributed by atoms with E-state index in [0.717, 1.165) is 53.5 Å². The third kappa shape index (κ3) is 5.79. The number of hydrogen-bond acceptors (Lipinski definition) is 2. The largest absolute Gasteiger partial charge is 0.361 e. The fourth-order valence-corrected chi connectivity index (χ4v) is 3.95. The van der Waals surface area contributed by atoms with Gasteiger partial charge in [0.1, 0.15) is 5.82 Å². The molecule has 1 aliphatic rings. The van der Waals surface area contributed by atoms with Gasteiger partial charge in [-0.3, -0.25) is 9.79 Å². The van der Waals surface area contributed by atoms with E-state index >= 15 is 0 Å². The molecule has 8 heteroatoms. The Labute approximate surface area is 204 Å². The number of guanidine groups is 1. The van der Waals surface area contributed by atoms with Crippen LogP contribution in [0.3, 0.4) is 0 Å². The number of aromatic amines is 1. The van der Waals surface area contributed by atoms with Gasteiger partial charge in [0.2, 0.25) is 5.91 Å². The molecule has 0 aliphatic carbocycles. The second kappa shape index (κ2) is 11.3. The number of piperidine rings is 1. The fourth-order valence-electron chi connectivity index (χ4n) is 3.95. The summed E-state index contributed by atoms with van der Waals surface area (Å²) in [6.45, 7) is 2.11. The molecule has 0 atom stereocenters. The van der Waals surface area contributed by atoms with Gasteiger partial charge < -0.3 is 20.5 Å². The number of H-pyrrole nitrogens is 1. The van der Waals surface area contributed by atoms with E-state index in [9.17, 15) is 9.18 Å². The van der Waals surface area contributed by atoms with Gasteiger partial charge >= 0.3 is 0 Å². The van der Waals surface area contributed by atoms with Gasteiger partial charge in [-0.25, -0.2) is 4.39 Å². The number of benzene rings is 2. The van der Waals surface area contributed by atoms with Crippen LogP contribution in [0.25, 0.3) is 10.9 Å². The topological polar surface area (TPSA) is 72.5 Å². The van der Waals surface area contributed by atoms with Crippen molar-refractivity contribution >= 4 is 52.4 Å². The molecule has 2 heterocycles. The van der Waals surface area contributed by atoms with Gasteiger partial charge in [0.25, 0.3) is 0 Å². The van der Waals surface area contributed by atoms with Crippen LogP contribution in [-0.4, -0.2) is 37.0 Å². The number of nitrogens with zero attached hydrogens (tertiary/aromatic N) is 2. The zero-order chi connectivity index (χ0) is 21.6. The quantitative estimate of drug-likeness (QED) is 0.243. The molecule has 1 aliphatic heterocycles. The predicted molar refractivity (Wildman–Crippen MR) is 138 cm³/mol. The van der Waals surface area contributed by atoms with E-state index in [0.29, 0.717) is 25.5 Å². The lowest BCUT2D eigenvalue weighted by molar-refractivity contribution is -0.119. The molecule has 1 amide bonds. The average Bonchev–Trinajstić information content (AvgIpc) is 3.19. The third-order valence-electron chi connectivity index (χ3n) is 5.67. The number of nitrogens with one attached hydrogen (secondary N) is 3. The second-order valence-electron chi connectivity index (χ2n) is 7.78. The number of carbonyl (C=O) groups excluding carboxylic acids is 1. The first-order chi connectivity index (χ1) is 15.1. The second-order valence-corrected chi connectivity index (χ2v) is 7.78. The van der Waals surface area contributed by atoms with Gasteiger partial charge in [-0.05, 0) is 60.7 Å². The maximum Gasteiger partial charge on any atom is 0.226 e. The van der Waals surface area contributed by atoms with Gasteiger partial charge in [0, 0.05) is 55.9 Å². The third-order valence-corrected chi connectivity index (χ3v) is 5.67. The van der Waals surface area contributed by atoms with Crippen molar-refractivity contribution < 1.29 is 9.18 Å².